The molecule has 4 aromatic rings. The lowest BCUT2D eigenvalue weighted by atomic mass is 10.1. The largest absolute Gasteiger partial charge is 0.353 e. The first-order valence-corrected chi connectivity index (χ1v) is 12.8. The van der Waals surface area contributed by atoms with Crippen LogP contribution in [0.2, 0.25) is 0 Å². The Bertz CT molecular complexity index is 1520. The summed E-state index contributed by atoms with van der Waals surface area (Å²) < 4.78 is 52.3. The SMILES string of the molecule is O=C(NC1CC1)C1COC(Cc2nc(-c3ccc(F)cc3)c(-c3ccnc(Nc4ccc(F)c(F)c4)n3)[nH]2)OC1. The van der Waals surface area contributed by atoms with Crippen LogP contribution in [0.5, 0.6) is 0 Å². The minimum atomic E-state index is -1.00. The highest BCUT2D eigenvalue weighted by Gasteiger charge is 2.32. The Morgan fingerprint density at radius 1 is 0.975 bits per heavy atom. The fraction of sp³-hybridized carbons (Fsp3) is 0.286. The van der Waals surface area contributed by atoms with Crippen LogP contribution in [0.1, 0.15) is 18.7 Å². The van der Waals surface area contributed by atoms with Crippen LogP contribution in [0.15, 0.2) is 54.7 Å². The molecule has 3 heterocycles. The topological polar surface area (TPSA) is 114 Å². The van der Waals surface area contributed by atoms with Gasteiger partial charge >= 0.3 is 0 Å². The lowest BCUT2D eigenvalue weighted by Gasteiger charge is -2.28. The molecule has 2 fully saturated rings. The van der Waals surface area contributed by atoms with Gasteiger partial charge in [-0.15, -0.1) is 0 Å². The summed E-state index contributed by atoms with van der Waals surface area (Å²) in [6.07, 6.45) is 3.19. The van der Waals surface area contributed by atoms with E-state index in [1.54, 1.807) is 18.2 Å². The van der Waals surface area contributed by atoms with Crippen LogP contribution in [0, 0.1) is 23.4 Å². The van der Waals surface area contributed by atoms with Crippen molar-refractivity contribution in [2.45, 2.75) is 31.6 Å². The summed E-state index contributed by atoms with van der Waals surface area (Å²) in [5.41, 5.74) is 2.44. The number of carbonyl (C=O) groups excluding carboxylic acids is 1. The molecule has 12 heteroatoms. The van der Waals surface area contributed by atoms with Crippen molar-refractivity contribution >= 4 is 17.5 Å². The second-order valence-electron chi connectivity index (χ2n) is 9.71. The fourth-order valence-corrected chi connectivity index (χ4v) is 4.30. The summed E-state index contributed by atoms with van der Waals surface area (Å²) in [5.74, 6) is -2.08. The van der Waals surface area contributed by atoms with Gasteiger partial charge in [-0.1, -0.05) is 0 Å². The van der Waals surface area contributed by atoms with Crippen molar-refractivity contribution in [3.05, 3.63) is 78.0 Å². The molecule has 1 saturated heterocycles. The highest BCUT2D eigenvalue weighted by molar-refractivity contribution is 5.79. The molecule has 1 amide bonds. The second-order valence-corrected chi connectivity index (χ2v) is 9.71. The molecule has 0 spiro atoms. The maximum Gasteiger partial charge on any atom is 0.228 e. The Labute approximate surface area is 227 Å². The van der Waals surface area contributed by atoms with Crippen LogP contribution in [-0.2, 0) is 20.7 Å². The molecular weight excluding hydrogens is 525 g/mol. The van der Waals surface area contributed by atoms with Crippen molar-refractivity contribution < 1.29 is 27.4 Å². The molecule has 206 valence electrons. The van der Waals surface area contributed by atoms with Gasteiger partial charge in [0.2, 0.25) is 11.9 Å². The number of nitrogens with zero attached hydrogens (tertiary/aromatic N) is 3. The summed E-state index contributed by atoms with van der Waals surface area (Å²) in [4.78, 5) is 29.0. The lowest BCUT2D eigenvalue weighted by Crippen LogP contribution is -2.43. The summed E-state index contributed by atoms with van der Waals surface area (Å²) in [7, 11) is 0. The molecule has 2 aromatic carbocycles. The molecule has 9 nitrogen and oxygen atoms in total. The number of carbonyl (C=O) groups is 1. The zero-order valence-corrected chi connectivity index (χ0v) is 21.2. The summed E-state index contributed by atoms with van der Waals surface area (Å²) in [6.45, 7) is 0.485. The Kier molecular flexibility index (Phi) is 7.18. The lowest BCUT2D eigenvalue weighted by molar-refractivity contribution is -0.200. The molecule has 1 aliphatic carbocycles. The fourth-order valence-electron chi connectivity index (χ4n) is 4.30. The quantitative estimate of drug-likeness (QED) is 0.296. The first-order chi connectivity index (χ1) is 19.4. The smallest absolute Gasteiger partial charge is 0.228 e. The average Bonchev–Trinajstić information content (AvgIpc) is 3.68. The molecule has 1 aliphatic heterocycles. The van der Waals surface area contributed by atoms with Gasteiger partial charge in [0.25, 0.3) is 0 Å². The Hall–Kier alpha value is -4.29. The van der Waals surface area contributed by atoms with Gasteiger partial charge in [-0.05, 0) is 55.3 Å². The van der Waals surface area contributed by atoms with Crippen molar-refractivity contribution in [3.63, 3.8) is 0 Å². The van der Waals surface area contributed by atoms with Gasteiger partial charge in [0.1, 0.15) is 11.6 Å². The van der Waals surface area contributed by atoms with Crippen molar-refractivity contribution in [3.8, 4) is 22.6 Å². The first-order valence-electron chi connectivity index (χ1n) is 12.8. The van der Waals surface area contributed by atoms with Crippen LogP contribution in [-0.4, -0.2) is 51.4 Å². The van der Waals surface area contributed by atoms with Crippen molar-refractivity contribution in [2.24, 2.45) is 5.92 Å². The second kappa shape index (κ2) is 11.1. The number of imidazole rings is 1. The van der Waals surface area contributed by atoms with E-state index in [1.165, 1.54) is 24.4 Å². The number of aromatic amines is 1. The van der Waals surface area contributed by atoms with Gasteiger partial charge in [0.15, 0.2) is 17.9 Å². The summed E-state index contributed by atoms with van der Waals surface area (Å²) >= 11 is 0. The van der Waals surface area contributed by atoms with E-state index in [-0.39, 0.29) is 55.0 Å². The van der Waals surface area contributed by atoms with E-state index in [4.69, 9.17) is 14.5 Å². The molecule has 1 saturated carbocycles. The molecule has 2 aromatic heterocycles. The highest BCUT2D eigenvalue weighted by atomic mass is 19.2. The summed E-state index contributed by atoms with van der Waals surface area (Å²) in [6, 6.07) is 11.2. The minimum absolute atomic E-state index is 0.0589. The molecule has 0 bridgehead atoms. The van der Waals surface area contributed by atoms with E-state index >= 15 is 0 Å². The van der Waals surface area contributed by atoms with E-state index in [1.807, 2.05) is 0 Å². The van der Waals surface area contributed by atoms with Gasteiger partial charge in [0.05, 0.1) is 42.6 Å². The Morgan fingerprint density at radius 2 is 1.75 bits per heavy atom. The average molecular weight is 551 g/mol. The van der Waals surface area contributed by atoms with Gasteiger partial charge in [0, 0.05) is 29.6 Å². The van der Waals surface area contributed by atoms with E-state index in [0.29, 0.717) is 28.5 Å². The van der Waals surface area contributed by atoms with Crippen LogP contribution < -0.4 is 10.6 Å². The number of H-pyrrole nitrogens is 1. The van der Waals surface area contributed by atoms with Gasteiger partial charge in [-0.2, -0.15) is 0 Å². The highest BCUT2D eigenvalue weighted by Crippen LogP contribution is 2.31. The van der Waals surface area contributed by atoms with E-state index in [2.05, 4.69) is 25.6 Å². The molecular formula is C28H25F3N6O3. The molecule has 0 radical (unpaired) electrons. The van der Waals surface area contributed by atoms with Crippen LogP contribution >= 0.6 is 0 Å². The van der Waals surface area contributed by atoms with Crippen molar-refractivity contribution in [1.29, 1.82) is 0 Å². The van der Waals surface area contributed by atoms with E-state index in [0.717, 1.165) is 25.0 Å². The van der Waals surface area contributed by atoms with Crippen LogP contribution in [0.3, 0.4) is 0 Å². The number of amides is 1. The molecule has 2 aliphatic rings. The molecule has 0 unspecified atom stereocenters. The molecule has 0 atom stereocenters. The Balaban J connectivity index is 1.23. The predicted molar refractivity (Wildman–Crippen MR) is 139 cm³/mol. The molecule has 40 heavy (non-hydrogen) atoms. The number of nitrogens with one attached hydrogen (secondary N) is 3. The van der Waals surface area contributed by atoms with Crippen LogP contribution in [0.4, 0.5) is 24.8 Å². The maximum absolute atomic E-state index is 13.7. The summed E-state index contributed by atoms with van der Waals surface area (Å²) in [5, 5.41) is 5.83. The number of benzene rings is 2. The van der Waals surface area contributed by atoms with Crippen molar-refractivity contribution in [1.82, 2.24) is 25.3 Å². The molecule has 6 rings (SSSR count). The normalized spacial score (nSPS) is 18.9. The van der Waals surface area contributed by atoms with Crippen LogP contribution in [0.25, 0.3) is 22.6 Å². The predicted octanol–water partition coefficient (Wildman–Crippen LogP) is 4.50. The van der Waals surface area contributed by atoms with Gasteiger partial charge < -0.3 is 25.1 Å². The van der Waals surface area contributed by atoms with Crippen molar-refractivity contribution in [2.75, 3.05) is 18.5 Å². The number of rotatable bonds is 8. The number of hydrogen-bond donors (Lipinski definition) is 3. The molecule has 3 N–H and O–H groups in total. The standard InChI is InChI=1S/C28H25F3N6O3/c29-17-3-1-15(2-4-17)25-26(22-9-10-32-28(35-22)34-19-7-8-20(30)21(31)11-19)37-23(36-25)12-24-39-13-16(14-40-24)27(38)33-18-5-6-18/h1-4,7-11,16,18,24H,5-6,12-14H2,(H,33,38)(H,36,37)(H,32,34,35). The zero-order chi connectivity index (χ0) is 27.6. The number of aromatic nitrogens is 4. The monoisotopic (exact) mass is 550 g/mol. The zero-order valence-electron chi connectivity index (χ0n) is 21.2. The number of anilines is 2. The third-order valence-electron chi connectivity index (χ3n) is 6.58. The number of hydrogen-bond acceptors (Lipinski definition) is 7. The van der Waals surface area contributed by atoms with E-state index < -0.39 is 17.9 Å². The number of halogens is 3. The Morgan fingerprint density at radius 3 is 2.48 bits per heavy atom. The third-order valence-corrected chi connectivity index (χ3v) is 6.58. The first kappa shape index (κ1) is 26.0. The van der Waals surface area contributed by atoms with E-state index in [9.17, 15) is 18.0 Å². The maximum atomic E-state index is 13.7. The number of ether oxygens (including phenoxy) is 2. The van der Waals surface area contributed by atoms with Gasteiger partial charge in [-0.25, -0.2) is 28.1 Å². The third kappa shape index (κ3) is 5.97. The minimum Gasteiger partial charge on any atom is -0.353 e. The van der Waals surface area contributed by atoms with Gasteiger partial charge in [-0.3, -0.25) is 4.79 Å².